The Bertz CT molecular complexity index is 824. The van der Waals surface area contributed by atoms with Crippen LogP contribution in [-0.4, -0.2) is 20.1 Å². The average molecular weight is 299 g/mol. The predicted molar refractivity (Wildman–Crippen MR) is 81.6 cm³/mol. The first kappa shape index (κ1) is 13.5. The van der Waals surface area contributed by atoms with Gasteiger partial charge in [-0.1, -0.05) is 30.3 Å². The van der Waals surface area contributed by atoms with E-state index in [4.69, 9.17) is 0 Å². The van der Waals surface area contributed by atoms with Crippen LogP contribution in [0.15, 0.2) is 40.5 Å². The molecule has 0 saturated heterocycles. The number of H-pyrrole nitrogens is 1. The maximum absolute atomic E-state index is 12.2. The zero-order valence-electron chi connectivity index (χ0n) is 11.3. The van der Waals surface area contributed by atoms with Crippen LogP contribution in [-0.2, 0) is 6.42 Å². The molecular formula is C15H13N3O2S. The molecule has 3 rings (SSSR count). The van der Waals surface area contributed by atoms with Crippen LogP contribution in [0.25, 0.3) is 11.1 Å². The van der Waals surface area contributed by atoms with Crippen molar-refractivity contribution in [3.8, 4) is 17.0 Å². The molecule has 0 aliphatic carbocycles. The summed E-state index contributed by atoms with van der Waals surface area (Å²) >= 11 is 1.50. The Labute approximate surface area is 125 Å². The maximum atomic E-state index is 12.2. The van der Waals surface area contributed by atoms with Crippen LogP contribution < -0.4 is 5.56 Å². The van der Waals surface area contributed by atoms with Crippen molar-refractivity contribution in [2.24, 2.45) is 0 Å². The summed E-state index contributed by atoms with van der Waals surface area (Å²) < 4.78 is 0. The average Bonchev–Trinajstić information content (AvgIpc) is 2.84. The second kappa shape index (κ2) is 5.49. The lowest BCUT2D eigenvalue weighted by atomic mass is 10.1. The third kappa shape index (κ3) is 2.85. The first-order chi connectivity index (χ1) is 10.1. The molecule has 0 amide bonds. The van der Waals surface area contributed by atoms with Gasteiger partial charge in [-0.15, -0.1) is 11.3 Å². The van der Waals surface area contributed by atoms with E-state index in [1.165, 1.54) is 11.3 Å². The van der Waals surface area contributed by atoms with Crippen LogP contribution in [0.1, 0.15) is 16.5 Å². The van der Waals surface area contributed by atoms with E-state index in [9.17, 15) is 9.90 Å². The highest BCUT2D eigenvalue weighted by Crippen LogP contribution is 2.23. The number of hydrogen-bond donors (Lipinski definition) is 2. The Morgan fingerprint density at radius 3 is 2.62 bits per heavy atom. The number of thiazole rings is 1. The summed E-state index contributed by atoms with van der Waals surface area (Å²) in [6.07, 6.45) is 0.399. The van der Waals surface area contributed by atoms with Gasteiger partial charge in [0.2, 0.25) is 5.88 Å². The Kier molecular flexibility index (Phi) is 3.53. The van der Waals surface area contributed by atoms with E-state index in [-0.39, 0.29) is 17.0 Å². The molecule has 2 N–H and O–H groups in total. The monoisotopic (exact) mass is 299 g/mol. The molecule has 106 valence electrons. The van der Waals surface area contributed by atoms with Crippen LogP contribution in [0.4, 0.5) is 0 Å². The normalized spacial score (nSPS) is 10.7. The van der Waals surface area contributed by atoms with Gasteiger partial charge in [0.1, 0.15) is 16.4 Å². The van der Waals surface area contributed by atoms with E-state index in [2.05, 4.69) is 15.0 Å². The largest absolute Gasteiger partial charge is 0.493 e. The molecule has 0 spiro atoms. The van der Waals surface area contributed by atoms with Gasteiger partial charge in [-0.05, 0) is 12.5 Å². The minimum atomic E-state index is -0.350. The number of nitrogens with one attached hydrogen (secondary N) is 1. The van der Waals surface area contributed by atoms with Gasteiger partial charge in [0.15, 0.2) is 0 Å². The van der Waals surface area contributed by atoms with Crippen molar-refractivity contribution in [3.05, 3.63) is 62.6 Å². The Hall–Kier alpha value is -2.47. The third-order valence-corrected chi connectivity index (χ3v) is 3.96. The molecule has 1 aromatic carbocycles. The highest BCUT2D eigenvalue weighted by atomic mass is 32.1. The second-order valence-corrected chi connectivity index (χ2v) is 5.58. The van der Waals surface area contributed by atoms with E-state index >= 15 is 0 Å². The van der Waals surface area contributed by atoms with Crippen molar-refractivity contribution < 1.29 is 5.11 Å². The number of hydrogen-bond acceptors (Lipinski definition) is 5. The second-order valence-electron chi connectivity index (χ2n) is 4.64. The molecule has 2 heterocycles. The molecule has 5 nitrogen and oxygen atoms in total. The quantitative estimate of drug-likeness (QED) is 0.779. The Morgan fingerprint density at radius 1 is 1.24 bits per heavy atom. The number of aromatic hydroxyl groups is 1. The summed E-state index contributed by atoms with van der Waals surface area (Å²) in [5, 5.41) is 12.8. The molecule has 3 aromatic rings. The first-order valence-corrected chi connectivity index (χ1v) is 7.30. The molecular weight excluding hydrogens is 286 g/mol. The molecule has 0 radical (unpaired) electrons. The van der Waals surface area contributed by atoms with Crippen molar-refractivity contribution in [2.75, 3.05) is 0 Å². The lowest BCUT2D eigenvalue weighted by Crippen LogP contribution is -2.14. The smallest absolute Gasteiger partial charge is 0.262 e. The summed E-state index contributed by atoms with van der Waals surface area (Å²) in [5.41, 5.74) is 1.41. The van der Waals surface area contributed by atoms with Gasteiger partial charge in [0, 0.05) is 11.1 Å². The van der Waals surface area contributed by atoms with E-state index in [0.29, 0.717) is 17.8 Å². The summed E-state index contributed by atoms with van der Waals surface area (Å²) in [5.74, 6) is 0.153. The highest BCUT2D eigenvalue weighted by molar-refractivity contribution is 7.09. The molecule has 0 aliphatic heterocycles. The molecule has 0 bridgehead atoms. The van der Waals surface area contributed by atoms with Crippen LogP contribution in [0.5, 0.6) is 5.88 Å². The number of aromatic nitrogens is 3. The Balaban J connectivity index is 1.98. The minimum Gasteiger partial charge on any atom is -0.493 e. The maximum Gasteiger partial charge on any atom is 0.262 e. The lowest BCUT2D eigenvalue weighted by Gasteiger charge is -2.05. The molecule has 6 heteroatoms. The van der Waals surface area contributed by atoms with Crippen LogP contribution >= 0.6 is 11.3 Å². The lowest BCUT2D eigenvalue weighted by molar-refractivity contribution is 0.450. The Morgan fingerprint density at radius 2 is 2.00 bits per heavy atom. The number of rotatable bonds is 3. The summed E-state index contributed by atoms with van der Waals surface area (Å²) in [4.78, 5) is 23.3. The number of benzene rings is 1. The molecule has 21 heavy (non-hydrogen) atoms. The summed E-state index contributed by atoms with van der Waals surface area (Å²) in [7, 11) is 0. The topological polar surface area (TPSA) is 78.9 Å². The van der Waals surface area contributed by atoms with Crippen molar-refractivity contribution in [1.29, 1.82) is 0 Å². The minimum absolute atomic E-state index is 0.190. The van der Waals surface area contributed by atoms with Crippen molar-refractivity contribution in [3.63, 3.8) is 0 Å². The van der Waals surface area contributed by atoms with Gasteiger partial charge in [-0.2, -0.15) is 4.98 Å². The van der Waals surface area contributed by atoms with Crippen LogP contribution in [0, 0.1) is 6.92 Å². The van der Waals surface area contributed by atoms with Gasteiger partial charge in [-0.3, -0.25) is 4.79 Å². The van der Waals surface area contributed by atoms with E-state index in [1.54, 1.807) is 24.3 Å². The SMILES string of the molecule is Cc1csc(Cc2nc(O)c(-c3ccccc3)c(=O)[nH]2)n1. The van der Waals surface area contributed by atoms with E-state index < -0.39 is 0 Å². The predicted octanol–water partition coefficient (Wildman–Crippen LogP) is 2.50. The molecule has 0 aliphatic rings. The standard InChI is InChI=1S/C15H13N3O2S/c1-9-8-21-12(16-9)7-11-17-14(19)13(15(20)18-11)10-5-3-2-4-6-10/h2-6,8H,7H2,1H3,(H2,17,18,19,20). The third-order valence-electron chi connectivity index (χ3n) is 3.00. The fourth-order valence-electron chi connectivity index (χ4n) is 2.08. The zero-order chi connectivity index (χ0) is 14.8. The van der Waals surface area contributed by atoms with Crippen molar-refractivity contribution >= 4 is 11.3 Å². The van der Waals surface area contributed by atoms with Crippen molar-refractivity contribution in [1.82, 2.24) is 15.0 Å². The van der Waals surface area contributed by atoms with Gasteiger partial charge in [0.25, 0.3) is 5.56 Å². The van der Waals surface area contributed by atoms with Gasteiger partial charge >= 0.3 is 0 Å². The first-order valence-electron chi connectivity index (χ1n) is 6.42. The number of aromatic amines is 1. The number of aryl methyl sites for hydroxylation is 1. The van der Waals surface area contributed by atoms with E-state index in [1.807, 2.05) is 18.4 Å². The molecule has 0 fully saturated rings. The van der Waals surface area contributed by atoms with Crippen molar-refractivity contribution in [2.45, 2.75) is 13.3 Å². The van der Waals surface area contributed by atoms with Crippen LogP contribution in [0.2, 0.25) is 0 Å². The van der Waals surface area contributed by atoms with Gasteiger partial charge < -0.3 is 10.1 Å². The van der Waals surface area contributed by atoms with Gasteiger partial charge in [0.05, 0.1) is 6.42 Å². The zero-order valence-corrected chi connectivity index (χ0v) is 12.1. The molecule has 2 aromatic heterocycles. The van der Waals surface area contributed by atoms with Gasteiger partial charge in [-0.25, -0.2) is 4.98 Å². The molecule has 0 atom stereocenters. The summed E-state index contributed by atoms with van der Waals surface area (Å²) in [6.45, 7) is 1.91. The molecule has 0 unspecified atom stereocenters. The molecule has 0 saturated carbocycles. The highest BCUT2D eigenvalue weighted by Gasteiger charge is 2.13. The fraction of sp³-hybridized carbons (Fsp3) is 0.133. The summed E-state index contributed by atoms with van der Waals surface area (Å²) in [6, 6.07) is 8.98. The van der Waals surface area contributed by atoms with E-state index in [0.717, 1.165) is 10.7 Å². The number of nitrogens with zero attached hydrogens (tertiary/aromatic N) is 2. The van der Waals surface area contributed by atoms with Crippen LogP contribution in [0.3, 0.4) is 0 Å². The fourth-order valence-corrected chi connectivity index (χ4v) is 2.86.